The first-order valence-corrected chi connectivity index (χ1v) is 8.70. The molecule has 0 radical (unpaired) electrons. The Morgan fingerprint density at radius 1 is 1.38 bits per heavy atom. The second kappa shape index (κ2) is 10.9. The molecule has 0 saturated heterocycles. The zero-order chi connectivity index (χ0) is 18.8. The van der Waals surface area contributed by atoms with Crippen LogP contribution in [0.1, 0.15) is 48.0 Å². The summed E-state index contributed by atoms with van der Waals surface area (Å²) in [6, 6.07) is 0.0459. The topological polar surface area (TPSA) is 66.0 Å². The SMILES string of the molecule is C=CCN=C(NCC)N(C)CCC(NC(=O)OC(C)(C)C)C(C)C. The van der Waals surface area contributed by atoms with E-state index in [4.69, 9.17) is 4.74 Å². The minimum Gasteiger partial charge on any atom is -0.444 e. The third kappa shape index (κ3) is 10.1. The van der Waals surface area contributed by atoms with E-state index >= 15 is 0 Å². The van der Waals surface area contributed by atoms with E-state index in [0.29, 0.717) is 12.5 Å². The molecule has 0 heterocycles. The Balaban J connectivity index is 4.66. The van der Waals surface area contributed by atoms with Crippen LogP contribution in [0.2, 0.25) is 0 Å². The normalized spacial score (nSPS) is 13.4. The van der Waals surface area contributed by atoms with Crippen LogP contribution >= 0.6 is 0 Å². The smallest absolute Gasteiger partial charge is 0.407 e. The molecule has 0 aliphatic rings. The van der Waals surface area contributed by atoms with Gasteiger partial charge in [0.05, 0.1) is 6.54 Å². The van der Waals surface area contributed by atoms with Crippen molar-refractivity contribution < 1.29 is 9.53 Å². The third-order valence-corrected chi connectivity index (χ3v) is 3.35. The lowest BCUT2D eigenvalue weighted by Crippen LogP contribution is -2.45. The molecule has 0 aromatic heterocycles. The zero-order valence-electron chi connectivity index (χ0n) is 16.5. The van der Waals surface area contributed by atoms with Gasteiger partial charge in [-0.1, -0.05) is 19.9 Å². The lowest BCUT2D eigenvalue weighted by atomic mass is 10.0. The Labute approximate surface area is 147 Å². The summed E-state index contributed by atoms with van der Waals surface area (Å²) in [6.07, 6.45) is 2.22. The van der Waals surface area contributed by atoms with Crippen molar-refractivity contribution in [2.45, 2.75) is 59.6 Å². The molecule has 140 valence electrons. The molecule has 1 unspecified atom stereocenters. The summed E-state index contributed by atoms with van der Waals surface area (Å²) in [5, 5.41) is 6.24. The van der Waals surface area contributed by atoms with Crippen LogP contribution in [-0.2, 0) is 4.74 Å². The summed E-state index contributed by atoms with van der Waals surface area (Å²) >= 11 is 0. The number of nitrogens with zero attached hydrogens (tertiary/aromatic N) is 2. The van der Waals surface area contributed by atoms with Crippen molar-refractivity contribution in [1.82, 2.24) is 15.5 Å². The van der Waals surface area contributed by atoms with Gasteiger partial charge in [0.1, 0.15) is 5.60 Å². The number of ether oxygens (including phenoxy) is 1. The predicted molar refractivity (Wildman–Crippen MR) is 101 cm³/mol. The van der Waals surface area contributed by atoms with Gasteiger partial charge in [-0.05, 0) is 40.0 Å². The largest absolute Gasteiger partial charge is 0.444 e. The number of alkyl carbamates (subject to hydrolysis) is 1. The van der Waals surface area contributed by atoms with Gasteiger partial charge in [-0.2, -0.15) is 0 Å². The summed E-state index contributed by atoms with van der Waals surface area (Å²) in [5.74, 6) is 1.16. The van der Waals surface area contributed by atoms with E-state index in [1.165, 1.54) is 0 Å². The monoisotopic (exact) mass is 340 g/mol. The van der Waals surface area contributed by atoms with Crippen LogP contribution in [0.3, 0.4) is 0 Å². The first-order chi connectivity index (χ1) is 11.1. The molecule has 0 bridgehead atoms. The van der Waals surface area contributed by atoms with E-state index in [-0.39, 0.29) is 12.1 Å². The Morgan fingerprint density at radius 3 is 2.46 bits per heavy atom. The van der Waals surface area contributed by atoms with Gasteiger partial charge in [-0.3, -0.25) is 0 Å². The van der Waals surface area contributed by atoms with Crippen LogP contribution in [0.25, 0.3) is 0 Å². The lowest BCUT2D eigenvalue weighted by molar-refractivity contribution is 0.0486. The molecular formula is C18H36N4O2. The molecule has 0 spiro atoms. The fraction of sp³-hybridized carbons (Fsp3) is 0.778. The van der Waals surface area contributed by atoms with E-state index in [9.17, 15) is 4.79 Å². The van der Waals surface area contributed by atoms with Gasteiger partial charge in [0.25, 0.3) is 0 Å². The van der Waals surface area contributed by atoms with Crippen LogP contribution in [0, 0.1) is 5.92 Å². The predicted octanol–water partition coefficient (Wildman–Crippen LogP) is 3.01. The number of carbonyl (C=O) groups excluding carboxylic acids is 1. The van der Waals surface area contributed by atoms with Crippen LogP contribution < -0.4 is 10.6 Å². The molecule has 0 fully saturated rings. The number of hydrogen-bond acceptors (Lipinski definition) is 3. The molecule has 2 N–H and O–H groups in total. The van der Waals surface area contributed by atoms with Crippen molar-refractivity contribution >= 4 is 12.1 Å². The molecule has 1 amide bonds. The maximum atomic E-state index is 12.0. The first-order valence-electron chi connectivity index (χ1n) is 8.70. The summed E-state index contributed by atoms with van der Waals surface area (Å²) in [5.41, 5.74) is -0.488. The van der Waals surface area contributed by atoms with Gasteiger partial charge in [0, 0.05) is 26.2 Å². The van der Waals surface area contributed by atoms with Crippen molar-refractivity contribution in [1.29, 1.82) is 0 Å². The maximum absolute atomic E-state index is 12.0. The Bertz CT molecular complexity index is 414. The number of nitrogens with one attached hydrogen (secondary N) is 2. The van der Waals surface area contributed by atoms with Gasteiger partial charge in [0.2, 0.25) is 0 Å². The number of aliphatic imine (C=N–C) groups is 1. The summed E-state index contributed by atoms with van der Waals surface area (Å²) in [7, 11) is 2.00. The van der Waals surface area contributed by atoms with Crippen LogP contribution in [0.5, 0.6) is 0 Å². The van der Waals surface area contributed by atoms with Gasteiger partial charge in [0.15, 0.2) is 5.96 Å². The molecule has 0 aromatic rings. The Morgan fingerprint density at radius 2 is 2.00 bits per heavy atom. The van der Waals surface area contributed by atoms with Gasteiger partial charge in [-0.15, -0.1) is 6.58 Å². The average Bonchev–Trinajstić information content (AvgIpc) is 2.45. The maximum Gasteiger partial charge on any atom is 0.407 e. The Hall–Kier alpha value is -1.72. The minimum atomic E-state index is -0.488. The highest BCUT2D eigenvalue weighted by Crippen LogP contribution is 2.11. The van der Waals surface area contributed by atoms with E-state index in [1.807, 2.05) is 34.7 Å². The quantitative estimate of drug-likeness (QED) is 0.405. The lowest BCUT2D eigenvalue weighted by Gasteiger charge is -2.28. The van der Waals surface area contributed by atoms with E-state index < -0.39 is 5.60 Å². The highest BCUT2D eigenvalue weighted by atomic mass is 16.6. The summed E-state index contributed by atoms with van der Waals surface area (Å²) < 4.78 is 5.35. The van der Waals surface area contributed by atoms with Crippen LogP contribution in [0.4, 0.5) is 4.79 Å². The zero-order valence-corrected chi connectivity index (χ0v) is 16.5. The highest BCUT2D eigenvalue weighted by Gasteiger charge is 2.22. The Kier molecular flexibility index (Phi) is 10.2. The van der Waals surface area contributed by atoms with Crippen LogP contribution in [0.15, 0.2) is 17.6 Å². The molecule has 0 aliphatic carbocycles. The molecule has 0 aliphatic heterocycles. The number of rotatable bonds is 8. The van der Waals surface area contributed by atoms with E-state index in [1.54, 1.807) is 6.08 Å². The fourth-order valence-corrected chi connectivity index (χ4v) is 2.09. The summed E-state index contributed by atoms with van der Waals surface area (Å²) in [6.45, 7) is 17.7. The first kappa shape index (κ1) is 22.3. The highest BCUT2D eigenvalue weighted by molar-refractivity contribution is 5.79. The number of amides is 1. The molecule has 6 heteroatoms. The number of carbonyl (C=O) groups is 1. The molecule has 0 aromatic carbocycles. The van der Waals surface area contributed by atoms with E-state index in [2.05, 4.69) is 41.0 Å². The van der Waals surface area contributed by atoms with Gasteiger partial charge >= 0.3 is 6.09 Å². The molecule has 6 nitrogen and oxygen atoms in total. The van der Waals surface area contributed by atoms with Gasteiger partial charge < -0.3 is 20.3 Å². The molecule has 0 saturated carbocycles. The van der Waals surface area contributed by atoms with Crippen molar-refractivity contribution in [3.05, 3.63) is 12.7 Å². The van der Waals surface area contributed by atoms with Crippen molar-refractivity contribution in [3.63, 3.8) is 0 Å². The summed E-state index contributed by atoms with van der Waals surface area (Å²) in [4.78, 5) is 18.5. The molecular weight excluding hydrogens is 304 g/mol. The van der Waals surface area contributed by atoms with Gasteiger partial charge in [-0.25, -0.2) is 9.79 Å². The number of guanidine groups is 1. The molecule has 1 atom stereocenters. The van der Waals surface area contributed by atoms with Crippen molar-refractivity contribution in [2.24, 2.45) is 10.9 Å². The van der Waals surface area contributed by atoms with Crippen molar-refractivity contribution in [2.75, 3.05) is 26.7 Å². The average molecular weight is 341 g/mol. The van der Waals surface area contributed by atoms with Crippen molar-refractivity contribution in [3.8, 4) is 0 Å². The molecule has 0 rings (SSSR count). The number of hydrogen-bond donors (Lipinski definition) is 2. The fourth-order valence-electron chi connectivity index (χ4n) is 2.09. The molecule has 24 heavy (non-hydrogen) atoms. The minimum absolute atomic E-state index is 0.0459. The van der Waals surface area contributed by atoms with Crippen LogP contribution in [-0.4, -0.2) is 55.3 Å². The second-order valence-electron chi connectivity index (χ2n) is 7.19. The third-order valence-electron chi connectivity index (χ3n) is 3.35. The second-order valence-corrected chi connectivity index (χ2v) is 7.19. The standard InChI is InChI=1S/C18H36N4O2/c1-9-12-20-16(19-10-2)22(8)13-11-15(14(3)4)21-17(23)24-18(5,6)7/h9,14-15H,1,10-13H2,2-8H3,(H,19,20)(H,21,23). The van der Waals surface area contributed by atoms with E-state index in [0.717, 1.165) is 25.5 Å².